The second-order valence-corrected chi connectivity index (χ2v) is 8.70. The predicted octanol–water partition coefficient (Wildman–Crippen LogP) is 0.890. The van der Waals surface area contributed by atoms with Crippen LogP contribution in [0, 0.1) is 0 Å². The van der Waals surface area contributed by atoms with Crippen LogP contribution in [0.5, 0.6) is 0 Å². The average molecular weight is 208 g/mol. The van der Waals surface area contributed by atoms with Gasteiger partial charge >= 0.3 is 0 Å². The molecule has 0 bridgehead atoms. The number of benzene rings is 1. The fourth-order valence-electron chi connectivity index (χ4n) is 1.89. The van der Waals surface area contributed by atoms with Gasteiger partial charge in [0.25, 0.3) is 0 Å². The number of hydrogen-bond acceptors (Lipinski definition) is 2. The van der Waals surface area contributed by atoms with E-state index < -0.39 is 8.07 Å². The molecule has 1 aromatic carbocycles. The molecule has 0 heterocycles. The maximum Gasteiger partial charge on any atom is 0.0861 e. The highest BCUT2D eigenvalue weighted by Gasteiger charge is 2.27. The first-order valence-corrected chi connectivity index (χ1v) is 8.10. The van der Waals surface area contributed by atoms with Crippen LogP contribution in [0.1, 0.15) is 0 Å². The lowest BCUT2D eigenvalue weighted by molar-refractivity contribution is 1.04. The van der Waals surface area contributed by atoms with Crippen molar-refractivity contribution in [3.63, 3.8) is 0 Å². The van der Waals surface area contributed by atoms with E-state index >= 15 is 0 Å². The molecule has 78 valence electrons. The van der Waals surface area contributed by atoms with Gasteiger partial charge in [0.1, 0.15) is 0 Å². The molecule has 0 saturated heterocycles. The van der Waals surface area contributed by atoms with Gasteiger partial charge < -0.3 is 11.5 Å². The van der Waals surface area contributed by atoms with Crippen molar-refractivity contribution in [2.45, 2.75) is 18.6 Å². The van der Waals surface area contributed by atoms with Gasteiger partial charge in [-0.05, 0) is 25.2 Å². The van der Waals surface area contributed by atoms with E-state index in [1.165, 1.54) is 5.19 Å². The fraction of sp³-hybridized carbons (Fsp3) is 0.455. The van der Waals surface area contributed by atoms with Crippen LogP contribution in [0.2, 0.25) is 18.6 Å². The van der Waals surface area contributed by atoms with Crippen molar-refractivity contribution in [2.75, 3.05) is 13.1 Å². The third-order valence-electron chi connectivity index (χ3n) is 2.86. The molecule has 1 aromatic rings. The maximum atomic E-state index is 5.68. The first-order chi connectivity index (χ1) is 6.73. The van der Waals surface area contributed by atoms with E-state index in [1.54, 1.807) is 0 Å². The summed E-state index contributed by atoms with van der Waals surface area (Å²) in [6, 6.07) is 13.0. The molecular weight excluding hydrogens is 188 g/mol. The fourth-order valence-corrected chi connectivity index (χ4v) is 4.99. The van der Waals surface area contributed by atoms with Crippen LogP contribution < -0.4 is 16.7 Å². The third kappa shape index (κ3) is 2.67. The Balaban J connectivity index is 2.87. The van der Waals surface area contributed by atoms with Gasteiger partial charge in [0.05, 0.1) is 8.07 Å². The van der Waals surface area contributed by atoms with Crippen molar-refractivity contribution >= 4 is 13.3 Å². The summed E-state index contributed by atoms with van der Waals surface area (Å²) in [5, 5.41) is 1.48. The molecule has 0 spiro atoms. The molecule has 0 amide bonds. The molecule has 4 N–H and O–H groups in total. The van der Waals surface area contributed by atoms with Crippen LogP contribution in [0.25, 0.3) is 0 Å². The van der Waals surface area contributed by atoms with Gasteiger partial charge in [-0.25, -0.2) is 0 Å². The highest BCUT2D eigenvalue weighted by molar-refractivity contribution is 6.91. The minimum Gasteiger partial charge on any atom is -0.331 e. The summed E-state index contributed by atoms with van der Waals surface area (Å²) >= 11 is 0. The first-order valence-electron chi connectivity index (χ1n) is 5.18. The number of rotatable bonds is 5. The predicted molar refractivity (Wildman–Crippen MR) is 65.4 cm³/mol. The summed E-state index contributed by atoms with van der Waals surface area (Å²) in [6.07, 6.45) is 0. The topological polar surface area (TPSA) is 52.0 Å². The summed E-state index contributed by atoms with van der Waals surface area (Å²) in [7, 11) is -1.38. The molecule has 3 heteroatoms. The van der Waals surface area contributed by atoms with E-state index in [9.17, 15) is 0 Å². The van der Waals surface area contributed by atoms with Crippen molar-refractivity contribution in [3.8, 4) is 0 Å². The molecule has 1 rings (SSSR count). The standard InChI is InChI=1S/C11H20N2Si/c1-14(9-7-12,10-8-13)11-5-3-2-4-6-11/h2-6H,7-10,12-13H2,1H3. The first kappa shape index (κ1) is 11.4. The zero-order valence-corrected chi connectivity index (χ0v) is 9.87. The molecule has 0 aliphatic heterocycles. The summed E-state index contributed by atoms with van der Waals surface area (Å²) in [5.74, 6) is 0. The Labute approximate surface area is 87.3 Å². The Morgan fingerprint density at radius 2 is 1.50 bits per heavy atom. The van der Waals surface area contributed by atoms with Crippen LogP contribution in [-0.4, -0.2) is 21.2 Å². The van der Waals surface area contributed by atoms with E-state index in [0.29, 0.717) is 0 Å². The van der Waals surface area contributed by atoms with Gasteiger partial charge in [-0.2, -0.15) is 0 Å². The Hall–Kier alpha value is -0.643. The van der Waals surface area contributed by atoms with Crippen LogP contribution in [0.15, 0.2) is 30.3 Å². The molecule has 0 aromatic heterocycles. The van der Waals surface area contributed by atoms with Crippen LogP contribution >= 0.6 is 0 Å². The smallest absolute Gasteiger partial charge is 0.0861 e. The average Bonchev–Trinajstić information content (AvgIpc) is 2.20. The van der Waals surface area contributed by atoms with Gasteiger partial charge in [-0.1, -0.05) is 42.1 Å². The normalized spacial score (nSPS) is 11.6. The zero-order valence-electron chi connectivity index (χ0n) is 8.87. The van der Waals surface area contributed by atoms with Gasteiger partial charge in [0.2, 0.25) is 0 Å². The lowest BCUT2D eigenvalue weighted by Crippen LogP contribution is -2.47. The van der Waals surface area contributed by atoms with Crippen molar-refractivity contribution in [1.29, 1.82) is 0 Å². The van der Waals surface area contributed by atoms with Gasteiger partial charge in [0.15, 0.2) is 0 Å². The summed E-state index contributed by atoms with van der Waals surface area (Å²) < 4.78 is 0. The van der Waals surface area contributed by atoms with Crippen molar-refractivity contribution < 1.29 is 0 Å². The molecule has 0 radical (unpaired) electrons. The molecule has 0 fully saturated rings. The van der Waals surface area contributed by atoms with E-state index in [2.05, 4.69) is 36.9 Å². The monoisotopic (exact) mass is 208 g/mol. The zero-order chi connectivity index (χ0) is 10.4. The molecule has 14 heavy (non-hydrogen) atoms. The minimum absolute atomic E-state index is 0.775. The van der Waals surface area contributed by atoms with Crippen LogP contribution in [-0.2, 0) is 0 Å². The molecular formula is C11H20N2Si. The summed E-state index contributed by atoms with van der Waals surface area (Å²) in [6.45, 7) is 3.93. The Morgan fingerprint density at radius 3 is 1.93 bits per heavy atom. The quantitative estimate of drug-likeness (QED) is 0.706. The molecule has 0 aliphatic rings. The number of hydrogen-bond donors (Lipinski definition) is 2. The van der Waals surface area contributed by atoms with Gasteiger partial charge in [-0.15, -0.1) is 0 Å². The lowest BCUT2D eigenvalue weighted by Gasteiger charge is -2.26. The Morgan fingerprint density at radius 1 is 1.00 bits per heavy atom. The van der Waals surface area contributed by atoms with Gasteiger partial charge in [0, 0.05) is 0 Å². The van der Waals surface area contributed by atoms with Crippen LogP contribution in [0.4, 0.5) is 0 Å². The lowest BCUT2D eigenvalue weighted by atomic mass is 10.4. The highest BCUT2D eigenvalue weighted by Crippen LogP contribution is 2.13. The van der Waals surface area contributed by atoms with E-state index in [4.69, 9.17) is 11.5 Å². The maximum absolute atomic E-state index is 5.68. The largest absolute Gasteiger partial charge is 0.331 e. The minimum atomic E-state index is -1.38. The second kappa shape index (κ2) is 5.29. The van der Waals surface area contributed by atoms with Crippen molar-refractivity contribution in [1.82, 2.24) is 0 Å². The third-order valence-corrected chi connectivity index (χ3v) is 7.37. The summed E-state index contributed by atoms with van der Waals surface area (Å²) in [4.78, 5) is 0. The Kier molecular flexibility index (Phi) is 4.32. The molecule has 0 saturated carbocycles. The molecule has 0 unspecified atom stereocenters. The molecule has 0 aliphatic carbocycles. The van der Waals surface area contributed by atoms with Crippen molar-refractivity contribution in [2.24, 2.45) is 11.5 Å². The molecule has 0 atom stereocenters. The number of nitrogens with two attached hydrogens (primary N) is 2. The SMILES string of the molecule is C[Si](CCN)(CCN)c1ccccc1. The van der Waals surface area contributed by atoms with Gasteiger partial charge in [-0.3, -0.25) is 0 Å². The van der Waals surface area contributed by atoms with E-state index in [0.717, 1.165) is 25.2 Å². The van der Waals surface area contributed by atoms with E-state index in [-0.39, 0.29) is 0 Å². The highest BCUT2D eigenvalue weighted by atomic mass is 28.3. The Bertz CT molecular complexity index is 255. The van der Waals surface area contributed by atoms with Crippen molar-refractivity contribution in [3.05, 3.63) is 30.3 Å². The van der Waals surface area contributed by atoms with Crippen LogP contribution in [0.3, 0.4) is 0 Å². The van der Waals surface area contributed by atoms with E-state index in [1.807, 2.05) is 0 Å². The molecule has 2 nitrogen and oxygen atoms in total. The summed E-state index contributed by atoms with van der Waals surface area (Å²) in [5.41, 5.74) is 11.4. The second-order valence-electron chi connectivity index (χ2n) is 4.00.